The molecule has 26 heavy (non-hydrogen) atoms. The molecule has 0 fully saturated rings. The lowest BCUT2D eigenvalue weighted by molar-refractivity contribution is -0.155. The van der Waals surface area contributed by atoms with Gasteiger partial charge in [-0.15, -0.1) is 0 Å². The molecule has 2 aromatic carbocycles. The van der Waals surface area contributed by atoms with E-state index in [1.165, 1.54) is 25.1 Å². The highest BCUT2D eigenvalue weighted by molar-refractivity contribution is 5.95. The first-order valence-corrected chi connectivity index (χ1v) is 7.30. The van der Waals surface area contributed by atoms with Crippen LogP contribution in [0.4, 0.5) is 23.2 Å². The molecule has 0 aliphatic rings. The summed E-state index contributed by atoms with van der Waals surface area (Å²) >= 11 is 0. The van der Waals surface area contributed by atoms with E-state index in [1.807, 2.05) is 5.32 Å². The number of ether oxygens (including phenoxy) is 2. The Hall–Kier alpha value is -3.10. The van der Waals surface area contributed by atoms with Crippen molar-refractivity contribution in [1.29, 1.82) is 0 Å². The zero-order chi connectivity index (χ0) is 19.3. The summed E-state index contributed by atoms with van der Waals surface area (Å²) in [7, 11) is 0. The largest absolute Gasteiger partial charge is 0.479 e. The van der Waals surface area contributed by atoms with Crippen LogP contribution in [0.15, 0.2) is 36.4 Å². The number of hydrogen-bond donors (Lipinski definition) is 1. The van der Waals surface area contributed by atoms with Gasteiger partial charge >= 0.3 is 5.97 Å². The number of esters is 1. The molecule has 1 N–H and O–H groups in total. The number of para-hydroxylation sites is 1. The van der Waals surface area contributed by atoms with Gasteiger partial charge in [0.15, 0.2) is 41.7 Å². The zero-order valence-electron chi connectivity index (χ0n) is 13.4. The van der Waals surface area contributed by atoms with Crippen molar-refractivity contribution in [3.05, 3.63) is 59.7 Å². The van der Waals surface area contributed by atoms with Gasteiger partial charge in [0.2, 0.25) is 0 Å². The van der Waals surface area contributed by atoms with Gasteiger partial charge in [0.25, 0.3) is 5.91 Å². The van der Waals surface area contributed by atoms with Gasteiger partial charge < -0.3 is 14.8 Å². The number of carbonyl (C=O) groups excluding carboxylic acids is 2. The van der Waals surface area contributed by atoms with Crippen molar-refractivity contribution in [2.45, 2.75) is 13.0 Å². The second kappa shape index (κ2) is 8.32. The minimum atomic E-state index is -1.74. The van der Waals surface area contributed by atoms with E-state index >= 15 is 0 Å². The Labute approximate surface area is 145 Å². The van der Waals surface area contributed by atoms with Crippen LogP contribution in [0.25, 0.3) is 0 Å². The number of anilines is 1. The SMILES string of the molecule is C[C@H](OC(=O)COc1ccccc1F)C(=O)Nc1ccc(F)c(F)c1F. The third-order valence-corrected chi connectivity index (χ3v) is 3.15. The molecule has 0 radical (unpaired) electrons. The molecule has 9 heteroatoms. The average Bonchev–Trinajstić information content (AvgIpc) is 2.61. The van der Waals surface area contributed by atoms with Gasteiger partial charge in [0.05, 0.1) is 5.69 Å². The van der Waals surface area contributed by atoms with E-state index in [1.54, 1.807) is 0 Å². The van der Waals surface area contributed by atoms with Crippen LogP contribution in [0, 0.1) is 23.3 Å². The van der Waals surface area contributed by atoms with Crippen molar-refractivity contribution in [2.24, 2.45) is 0 Å². The van der Waals surface area contributed by atoms with E-state index in [0.717, 1.165) is 12.1 Å². The van der Waals surface area contributed by atoms with Gasteiger partial charge in [0.1, 0.15) is 0 Å². The Balaban J connectivity index is 1.89. The van der Waals surface area contributed by atoms with E-state index < -0.39 is 53.5 Å². The maximum atomic E-state index is 13.5. The fourth-order valence-corrected chi connectivity index (χ4v) is 1.84. The first-order chi connectivity index (χ1) is 12.3. The maximum Gasteiger partial charge on any atom is 0.344 e. The van der Waals surface area contributed by atoms with Crippen molar-refractivity contribution >= 4 is 17.6 Å². The molecule has 1 amide bonds. The van der Waals surface area contributed by atoms with Crippen molar-refractivity contribution < 1.29 is 36.6 Å². The highest BCUT2D eigenvalue weighted by Crippen LogP contribution is 2.20. The maximum absolute atomic E-state index is 13.5. The predicted molar refractivity (Wildman–Crippen MR) is 82.4 cm³/mol. The molecule has 5 nitrogen and oxygen atoms in total. The Morgan fingerprint density at radius 3 is 2.38 bits per heavy atom. The number of nitrogens with one attached hydrogen (secondary N) is 1. The van der Waals surface area contributed by atoms with Crippen LogP contribution in [0.1, 0.15) is 6.92 Å². The highest BCUT2D eigenvalue weighted by Gasteiger charge is 2.21. The summed E-state index contributed by atoms with van der Waals surface area (Å²) in [5, 5.41) is 1.97. The summed E-state index contributed by atoms with van der Waals surface area (Å²) in [6.07, 6.45) is -1.39. The van der Waals surface area contributed by atoms with E-state index in [-0.39, 0.29) is 5.75 Å². The van der Waals surface area contributed by atoms with Crippen LogP contribution in [-0.4, -0.2) is 24.6 Å². The average molecular weight is 371 g/mol. The molecule has 0 spiro atoms. The molecule has 0 saturated heterocycles. The summed E-state index contributed by atoms with van der Waals surface area (Å²) in [5.74, 6) is -7.56. The van der Waals surface area contributed by atoms with Crippen LogP contribution >= 0.6 is 0 Å². The minimum Gasteiger partial charge on any atom is -0.479 e. The molecule has 2 rings (SSSR count). The number of rotatable bonds is 6. The summed E-state index contributed by atoms with van der Waals surface area (Å²) < 4.78 is 62.5. The lowest BCUT2D eigenvalue weighted by Crippen LogP contribution is -2.32. The van der Waals surface area contributed by atoms with Crippen molar-refractivity contribution in [2.75, 3.05) is 11.9 Å². The molecular weight excluding hydrogens is 358 g/mol. The van der Waals surface area contributed by atoms with Crippen LogP contribution in [0.5, 0.6) is 5.75 Å². The van der Waals surface area contributed by atoms with E-state index in [9.17, 15) is 27.2 Å². The van der Waals surface area contributed by atoms with E-state index in [2.05, 4.69) is 0 Å². The molecule has 0 unspecified atom stereocenters. The summed E-state index contributed by atoms with van der Waals surface area (Å²) in [5.41, 5.74) is -0.612. The standard InChI is InChI=1S/C17H13F4NO4/c1-9(17(24)22-12-7-6-11(19)15(20)16(12)21)26-14(23)8-25-13-5-3-2-4-10(13)18/h2-7,9H,8H2,1H3,(H,22,24)/t9-/m0/s1. The monoisotopic (exact) mass is 371 g/mol. The lowest BCUT2D eigenvalue weighted by atomic mass is 10.2. The van der Waals surface area contributed by atoms with E-state index in [4.69, 9.17) is 9.47 Å². The minimum absolute atomic E-state index is 0.176. The molecular formula is C17H13F4NO4. The number of carbonyl (C=O) groups is 2. The number of halogens is 4. The van der Waals surface area contributed by atoms with Crippen molar-refractivity contribution in [3.8, 4) is 5.75 Å². The highest BCUT2D eigenvalue weighted by atomic mass is 19.2. The first kappa shape index (κ1) is 19.2. The van der Waals surface area contributed by atoms with Crippen LogP contribution < -0.4 is 10.1 Å². The molecule has 0 saturated carbocycles. The Morgan fingerprint density at radius 1 is 1.00 bits per heavy atom. The van der Waals surface area contributed by atoms with Crippen LogP contribution in [0.3, 0.4) is 0 Å². The van der Waals surface area contributed by atoms with Gasteiger partial charge in [-0.2, -0.15) is 0 Å². The fraction of sp³-hybridized carbons (Fsp3) is 0.176. The number of amides is 1. The lowest BCUT2D eigenvalue weighted by Gasteiger charge is -2.14. The number of hydrogen-bond acceptors (Lipinski definition) is 4. The summed E-state index contributed by atoms with van der Waals surface area (Å²) in [6, 6.07) is 6.81. The van der Waals surface area contributed by atoms with Gasteiger partial charge in [-0.1, -0.05) is 12.1 Å². The number of benzene rings is 2. The summed E-state index contributed by atoms with van der Waals surface area (Å²) in [4.78, 5) is 23.5. The third kappa shape index (κ3) is 4.71. The molecule has 0 aromatic heterocycles. The predicted octanol–water partition coefficient (Wildman–Crippen LogP) is 3.19. The fourth-order valence-electron chi connectivity index (χ4n) is 1.84. The molecule has 138 valence electrons. The van der Waals surface area contributed by atoms with Gasteiger partial charge in [-0.25, -0.2) is 22.4 Å². The smallest absolute Gasteiger partial charge is 0.344 e. The second-order valence-electron chi connectivity index (χ2n) is 5.06. The molecule has 0 aliphatic carbocycles. The second-order valence-corrected chi connectivity index (χ2v) is 5.06. The molecule has 0 bridgehead atoms. The molecule has 0 heterocycles. The topological polar surface area (TPSA) is 64.6 Å². The van der Waals surface area contributed by atoms with Crippen LogP contribution in [0.2, 0.25) is 0 Å². The molecule has 1 atom stereocenters. The van der Waals surface area contributed by atoms with Gasteiger partial charge in [0, 0.05) is 0 Å². The summed E-state index contributed by atoms with van der Waals surface area (Å²) in [6.45, 7) is 0.506. The third-order valence-electron chi connectivity index (χ3n) is 3.15. The normalized spacial score (nSPS) is 11.6. The van der Waals surface area contributed by atoms with Gasteiger partial charge in [-0.3, -0.25) is 4.79 Å². The van der Waals surface area contributed by atoms with E-state index in [0.29, 0.717) is 6.07 Å². The first-order valence-electron chi connectivity index (χ1n) is 7.30. The molecule has 0 aliphatic heterocycles. The quantitative estimate of drug-likeness (QED) is 0.481. The Bertz CT molecular complexity index is 828. The molecule has 2 aromatic rings. The Kier molecular flexibility index (Phi) is 6.16. The zero-order valence-corrected chi connectivity index (χ0v) is 13.4. The van der Waals surface area contributed by atoms with Crippen molar-refractivity contribution in [3.63, 3.8) is 0 Å². The van der Waals surface area contributed by atoms with Gasteiger partial charge in [-0.05, 0) is 31.2 Å². The van der Waals surface area contributed by atoms with Crippen molar-refractivity contribution in [1.82, 2.24) is 0 Å². The Morgan fingerprint density at radius 2 is 1.69 bits per heavy atom. The van der Waals surface area contributed by atoms with Crippen LogP contribution in [-0.2, 0) is 14.3 Å².